The third-order valence-corrected chi connectivity index (χ3v) is 5.53. The molecule has 182 valence electrons. The lowest BCUT2D eigenvalue weighted by molar-refractivity contribution is -0.143. The van der Waals surface area contributed by atoms with Crippen molar-refractivity contribution in [1.82, 2.24) is 29.5 Å². The monoisotopic (exact) mass is 513 g/mol. The summed E-state index contributed by atoms with van der Waals surface area (Å²) in [5.74, 6) is -0.832. The van der Waals surface area contributed by atoms with Crippen LogP contribution in [-0.4, -0.2) is 40.5 Å². The highest BCUT2D eigenvalue weighted by Gasteiger charge is 2.41. The van der Waals surface area contributed by atoms with Gasteiger partial charge in [-0.15, -0.1) is 0 Å². The molecule has 0 atom stereocenters. The van der Waals surface area contributed by atoms with Crippen LogP contribution in [0.25, 0.3) is 22.4 Å². The topological polar surface area (TPSA) is 111 Å². The third kappa shape index (κ3) is 4.27. The van der Waals surface area contributed by atoms with Gasteiger partial charge in [-0.1, -0.05) is 17.7 Å². The molecule has 5 aromatic rings. The van der Waals surface area contributed by atoms with Gasteiger partial charge in [-0.25, -0.2) is 14.3 Å². The molecule has 0 aliphatic carbocycles. The molecule has 0 saturated heterocycles. The number of carbonyl (C=O) groups is 1. The van der Waals surface area contributed by atoms with Gasteiger partial charge in [0.05, 0.1) is 52.7 Å². The van der Waals surface area contributed by atoms with E-state index in [2.05, 4.69) is 25.5 Å². The summed E-state index contributed by atoms with van der Waals surface area (Å²) in [5, 5.41) is 20.0. The highest BCUT2D eigenvalue weighted by atomic mass is 35.5. The quantitative estimate of drug-likeness (QED) is 0.360. The van der Waals surface area contributed by atoms with E-state index in [0.717, 1.165) is 6.20 Å². The van der Waals surface area contributed by atoms with Crippen molar-refractivity contribution in [3.05, 3.63) is 89.2 Å². The Kier molecular flexibility index (Phi) is 5.90. The van der Waals surface area contributed by atoms with Crippen LogP contribution in [0.5, 0.6) is 0 Å². The molecular weight excluding hydrogens is 499 g/mol. The molecule has 13 heteroatoms. The molecule has 0 radical (unpaired) electrons. The summed E-state index contributed by atoms with van der Waals surface area (Å²) >= 11 is 6.25. The summed E-state index contributed by atoms with van der Waals surface area (Å²) in [4.78, 5) is 21.2. The minimum Gasteiger partial charge on any atom is -0.392 e. The zero-order valence-electron chi connectivity index (χ0n) is 18.1. The predicted octanol–water partition coefficient (Wildman–Crippen LogP) is 4.42. The number of anilines is 1. The van der Waals surface area contributed by atoms with Gasteiger partial charge in [-0.3, -0.25) is 9.78 Å². The Hall–Kier alpha value is -4.29. The molecule has 0 bridgehead atoms. The van der Waals surface area contributed by atoms with Crippen molar-refractivity contribution in [3.63, 3.8) is 0 Å². The Bertz CT molecular complexity index is 1590. The summed E-state index contributed by atoms with van der Waals surface area (Å²) in [5.41, 5.74) is -0.706. The number of aliphatic hydroxyl groups excluding tert-OH is 1. The van der Waals surface area contributed by atoms with Crippen molar-refractivity contribution in [2.45, 2.75) is 12.8 Å². The Balaban J connectivity index is 1.49. The number of aliphatic hydroxyl groups is 1. The number of alkyl halides is 3. The van der Waals surface area contributed by atoms with Crippen molar-refractivity contribution in [1.29, 1.82) is 0 Å². The fourth-order valence-corrected chi connectivity index (χ4v) is 3.92. The first-order valence-corrected chi connectivity index (χ1v) is 10.7. The Labute approximate surface area is 205 Å². The fourth-order valence-electron chi connectivity index (χ4n) is 3.67. The molecule has 5 rings (SSSR count). The smallest absolute Gasteiger partial charge is 0.392 e. The van der Waals surface area contributed by atoms with E-state index in [9.17, 15) is 23.1 Å². The molecule has 0 unspecified atom stereocenters. The molecule has 0 spiro atoms. The van der Waals surface area contributed by atoms with Crippen LogP contribution in [0, 0.1) is 0 Å². The maximum absolute atomic E-state index is 14.1. The molecule has 1 amide bonds. The van der Waals surface area contributed by atoms with Crippen molar-refractivity contribution >= 4 is 34.1 Å². The zero-order chi connectivity index (χ0) is 25.4. The van der Waals surface area contributed by atoms with Gasteiger partial charge in [0.15, 0.2) is 11.5 Å². The minimum absolute atomic E-state index is 0.0681. The van der Waals surface area contributed by atoms with Crippen LogP contribution in [0.1, 0.15) is 21.6 Å². The number of pyridine rings is 2. The highest BCUT2D eigenvalue weighted by Crippen LogP contribution is 2.35. The van der Waals surface area contributed by atoms with Gasteiger partial charge < -0.3 is 10.4 Å². The lowest BCUT2D eigenvalue weighted by Gasteiger charge is -2.14. The van der Waals surface area contributed by atoms with Crippen molar-refractivity contribution in [3.8, 4) is 11.5 Å². The first-order chi connectivity index (χ1) is 17.3. The van der Waals surface area contributed by atoms with E-state index in [1.165, 1.54) is 41.6 Å². The molecule has 4 heterocycles. The number of benzene rings is 1. The molecule has 0 aliphatic rings. The number of halogens is 4. The number of aromatic nitrogens is 6. The Morgan fingerprint density at radius 2 is 1.92 bits per heavy atom. The van der Waals surface area contributed by atoms with Crippen LogP contribution in [0.3, 0.4) is 0 Å². The van der Waals surface area contributed by atoms with Crippen LogP contribution in [0.15, 0.2) is 67.4 Å². The number of nitrogens with one attached hydrogen (secondary N) is 1. The fraction of sp³-hybridized carbons (Fsp3) is 0.0870. The molecule has 1 aromatic carbocycles. The normalized spacial score (nSPS) is 11.7. The van der Waals surface area contributed by atoms with Crippen LogP contribution in [0.4, 0.5) is 18.9 Å². The Morgan fingerprint density at radius 1 is 1.08 bits per heavy atom. The molecule has 4 aromatic heterocycles. The van der Waals surface area contributed by atoms with Gasteiger partial charge in [0.2, 0.25) is 0 Å². The lowest BCUT2D eigenvalue weighted by Crippen LogP contribution is -2.21. The number of hydrogen-bond acceptors (Lipinski definition) is 6. The molecule has 0 fully saturated rings. The van der Waals surface area contributed by atoms with E-state index in [0.29, 0.717) is 21.1 Å². The summed E-state index contributed by atoms with van der Waals surface area (Å²) in [6.07, 6.45) is 1.67. The third-order valence-electron chi connectivity index (χ3n) is 5.25. The van der Waals surface area contributed by atoms with Gasteiger partial charge in [-0.05, 0) is 30.3 Å². The van der Waals surface area contributed by atoms with Gasteiger partial charge in [-0.2, -0.15) is 23.4 Å². The first-order valence-electron chi connectivity index (χ1n) is 10.4. The lowest BCUT2D eigenvalue weighted by atomic mass is 10.1. The van der Waals surface area contributed by atoms with Crippen molar-refractivity contribution in [2.75, 3.05) is 5.32 Å². The molecule has 36 heavy (non-hydrogen) atoms. The maximum atomic E-state index is 14.1. The number of rotatable bonds is 5. The van der Waals surface area contributed by atoms with Gasteiger partial charge in [0.1, 0.15) is 0 Å². The summed E-state index contributed by atoms with van der Waals surface area (Å²) in [6, 6.07) is 9.24. The Morgan fingerprint density at radius 3 is 2.64 bits per heavy atom. The molecule has 9 nitrogen and oxygen atoms in total. The van der Waals surface area contributed by atoms with E-state index in [1.807, 2.05) is 0 Å². The average Bonchev–Trinajstić information content (AvgIpc) is 3.51. The molecule has 0 saturated carbocycles. The van der Waals surface area contributed by atoms with Crippen molar-refractivity contribution in [2.24, 2.45) is 0 Å². The minimum atomic E-state index is -4.89. The van der Waals surface area contributed by atoms with Gasteiger partial charge >= 0.3 is 6.18 Å². The summed E-state index contributed by atoms with van der Waals surface area (Å²) in [7, 11) is 0. The number of nitrogens with zero attached hydrogens (tertiary/aromatic N) is 6. The number of hydrogen-bond donors (Lipinski definition) is 2. The summed E-state index contributed by atoms with van der Waals surface area (Å²) < 4.78 is 44.4. The standard InChI is InChI=1S/C23H15ClF3N7O2/c24-17-7-14(9-29-21(17)33-11-13(12-35)8-30-33)32-22(36)16-10-31-34(20(16)23(25,26)27)19-5-1-4-18-15(19)3-2-6-28-18/h1-11,35H,12H2,(H,32,36). The van der Waals surface area contributed by atoms with Crippen LogP contribution < -0.4 is 5.32 Å². The summed E-state index contributed by atoms with van der Waals surface area (Å²) in [6.45, 7) is -0.226. The van der Waals surface area contributed by atoms with E-state index in [1.54, 1.807) is 24.3 Å². The van der Waals surface area contributed by atoms with Crippen LogP contribution in [-0.2, 0) is 12.8 Å². The molecular formula is C23H15ClF3N7O2. The zero-order valence-corrected chi connectivity index (χ0v) is 18.9. The van der Waals surface area contributed by atoms with Crippen molar-refractivity contribution < 1.29 is 23.1 Å². The van der Waals surface area contributed by atoms with Crippen LogP contribution >= 0.6 is 11.6 Å². The second-order valence-corrected chi connectivity index (χ2v) is 8.01. The van der Waals surface area contributed by atoms with Gasteiger partial charge in [0.25, 0.3) is 5.91 Å². The number of amides is 1. The largest absolute Gasteiger partial charge is 0.434 e. The molecule has 2 N–H and O–H groups in total. The van der Waals surface area contributed by atoms with Gasteiger partial charge in [0, 0.05) is 23.3 Å². The SMILES string of the molecule is O=C(Nc1cnc(-n2cc(CO)cn2)c(Cl)c1)c1cnn(-c2cccc3ncccc23)c1C(F)(F)F. The number of fused-ring (bicyclic) bond motifs is 1. The number of carbonyl (C=O) groups excluding carboxylic acids is 1. The second kappa shape index (κ2) is 9.06. The maximum Gasteiger partial charge on any atom is 0.434 e. The second-order valence-electron chi connectivity index (χ2n) is 7.60. The first kappa shape index (κ1) is 23.5. The molecule has 0 aliphatic heterocycles. The van der Waals surface area contributed by atoms with Crippen LogP contribution in [0.2, 0.25) is 5.02 Å². The average molecular weight is 514 g/mol. The van der Waals surface area contributed by atoms with E-state index >= 15 is 0 Å². The van der Waals surface area contributed by atoms with E-state index in [4.69, 9.17) is 11.6 Å². The van der Waals surface area contributed by atoms with E-state index < -0.39 is 23.3 Å². The predicted molar refractivity (Wildman–Crippen MR) is 124 cm³/mol. The van der Waals surface area contributed by atoms with E-state index in [-0.39, 0.29) is 28.8 Å². The highest BCUT2D eigenvalue weighted by molar-refractivity contribution is 6.32.